The van der Waals surface area contributed by atoms with Gasteiger partial charge in [0, 0.05) is 31.1 Å². The third kappa shape index (κ3) is 3.83. The Labute approximate surface area is 166 Å². The second kappa shape index (κ2) is 7.32. The number of carbonyl (C=O) groups excluding carboxylic acids is 3. The van der Waals surface area contributed by atoms with E-state index >= 15 is 0 Å². The third-order valence-electron chi connectivity index (χ3n) is 6.39. The van der Waals surface area contributed by atoms with Gasteiger partial charge in [-0.05, 0) is 48.3 Å². The normalized spacial score (nSPS) is 26.9. The van der Waals surface area contributed by atoms with E-state index in [-0.39, 0.29) is 24.1 Å². The van der Waals surface area contributed by atoms with Crippen LogP contribution in [0, 0.1) is 5.41 Å². The fourth-order valence-electron chi connectivity index (χ4n) is 4.87. The van der Waals surface area contributed by atoms with Crippen molar-refractivity contribution in [1.29, 1.82) is 0 Å². The molecule has 2 fully saturated rings. The number of amides is 3. The van der Waals surface area contributed by atoms with Crippen LogP contribution in [0.25, 0.3) is 0 Å². The van der Waals surface area contributed by atoms with Gasteiger partial charge in [0.25, 0.3) is 5.91 Å². The van der Waals surface area contributed by atoms with Gasteiger partial charge in [0.05, 0.1) is 0 Å². The predicted octanol–water partition coefficient (Wildman–Crippen LogP) is 2.51. The number of piperidine rings is 1. The van der Waals surface area contributed by atoms with Crippen molar-refractivity contribution in [2.75, 3.05) is 0 Å². The highest BCUT2D eigenvalue weighted by atomic mass is 16.2. The van der Waals surface area contributed by atoms with Gasteiger partial charge >= 0.3 is 0 Å². The lowest BCUT2D eigenvalue weighted by atomic mass is 9.75. The van der Waals surface area contributed by atoms with Crippen molar-refractivity contribution in [3.05, 3.63) is 34.9 Å². The van der Waals surface area contributed by atoms with Gasteiger partial charge in [-0.15, -0.1) is 0 Å². The van der Waals surface area contributed by atoms with Crippen LogP contribution in [-0.4, -0.2) is 34.7 Å². The molecule has 1 aromatic rings. The van der Waals surface area contributed by atoms with E-state index in [2.05, 4.69) is 30.5 Å². The summed E-state index contributed by atoms with van der Waals surface area (Å²) < 4.78 is 0. The van der Waals surface area contributed by atoms with Crippen molar-refractivity contribution in [2.45, 2.75) is 77.5 Å². The van der Waals surface area contributed by atoms with Crippen molar-refractivity contribution in [3.8, 4) is 0 Å². The number of carbonyl (C=O) groups is 3. The Morgan fingerprint density at radius 1 is 1.21 bits per heavy atom. The van der Waals surface area contributed by atoms with Gasteiger partial charge in [0.2, 0.25) is 11.8 Å². The first kappa shape index (κ1) is 19.1. The molecule has 1 saturated carbocycles. The summed E-state index contributed by atoms with van der Waals surface area (Å²) in [7, 11) is 0. The Morgan fingerprint density at radius 2 is 2.04 bits per heavy atom. The van der Waals surface area contributed by atoms with Crippen LogP contribution in [0.1, 0.15) is 73.9 Å². The summed E-state index contributed by atoms with van der Waals surface area (Å²) in [5.41, 5.74) is 3.22. The first-order valence-corrected chi connectivity index (χ1v) is 10.3. The molecule has 1 aromatic carbocycles. The molecule has 0 bridgehead atoms. The van der Waals surface area contributed by atoms with E-state index in [4.69, 9.17) is 0 Å². The van der Waals surface area contributed by atoms with Crippen LogP contribution in [0.15, 0.2) is 18.2 Å². The topological polar surface area (TPSA) is 78.5 Å². The summed E-state index contributed by atoms with van der Waals surface area (Å²) in [6.07, 6.45) is 5.65. The molecule has 4 rings (SSSR count). The zero-order valence-corrected chi connectivity index (χ0v) is 16.7. The average Bonchev–Trinajstić information content (AvgIpc) is 2.95. The van der Waals surface area contributed by atoms with Crippen molar-refractivity contribution >= 4 is 17.7 Å². The number of hydrogen-bond donors (Lipinski definition) is 2. The van der Waals surface area contributed by atoms with Gasteiger partial charge in [-0.2, -0.15) is 0 Å². The number of imide groups is 1. The molecule has 2 N–H and O–H groups in total. The summed E-state index contributed by atoms with van der Waals surface area (Å²) in [4.78, 5) is 37.9. The first-order valence-electron chi connectivity index (χ1n) is 10.3. The van der Waals surface area contributed by atoms with Gasteiger partial charge in [0.15, 0.2) is 0 Å². The van der Waals surface area contributed by atoms with Gasteiger partial charge in [-0.25, -0.2) is 0 Å². The molecule has 2 unspecified atom stereocenters. The molecule has 0 aromatic heterocycles. The molecule has 1 saturated heterocycles. The van der Waals surface area contributed by atoms with Crippen LogP contribution in [0.3, 0.4) is 0 Å². The highest BCUT2D eigenvalue weighted by molar-refractivity contribution is 6.05. The Morgan fingerprint density at radius 3 is 2.79 bits per heavy atom. The predicted molar refractivity (Wildman–Crippen MR) is 105 cm³/mol. The summed E-state index contributed by atoms with van der Waals surface area (Å²) in [5, 5.41) is 6.03. The molecule has 0 radical (unpaired) electrons. The molecule has 2 heterocycles. The maximum absolute atomic E-state index is 12.8. The fourth-order valence-corrected chi connectivity index (χ4v) is 4.87. The maximum Gasteiger partial charge on any atom is 0.255 e. The molecule has 150 valence electrons. The average molecular weight is 383 g/mol. The van der Waals surface area contributed by atoms with Crippen LogP contribution in [0.4, 0.5) is 0 Å². The molecule has 6 heteroatoms. The second-order valence-corrected chi connectivity index (χ2v) is 9.23. The van der Waals surface area contributed by atoms with Crippen LogP contribution in [0.5, 0.6) is 0 Å². The molecular formula is C22H29N3O3. The molecule has 3 aliphatic rings. The summed E-state index contributed by atoms with van der Waals surface area (Å²) in [6.45, 7) is 5.90. The minimum atomic E-state index is -0.552. The molecular weight excluding hydrogens is 354 g/mol. The third-order valence-corrected chi connectivity index (χ3v) is 6.39. The van der Waals surface area contributed by atoms with E-state index in [1.165, 1.54) is 31.2 Å². The van der Waals surface area contributed by atoms with E-state index in [0.717, 1.165) is 12.1 Å². The van der Waals surface area contributed by atoms with E-state index in [1.807, 2.05) is 12.1 Å². The van der Waals surface area contributed by atoms with Crippen molar-refractivity contribution in [2.24, 2.45) is 5.41 Å². The highest BCUT2D eigenvalue weighted by Gasteiger charge is 2.39. The Balaban J connectivity index is 1.41. The van der Waals surface area contributed by atoms with Crippen molar-refractivity contribution in [1.82, 2.24) is 15.5 Å². The number of nitrogens with one attached hydrogen (secondary N) is 2. The fraction of sp³-hybridized carbons (Fsp3) is 0.591. The van der Waals surface area contributed by atoms with Gasteiger partial charge in [0.1, 0.15) is 6.04 Å². The SMILES string of the molecule is CC1(C)CCCC(NCc2ccc3c(c2)CN(C2CCC(=O)NC2=O)C3=O)C1. The second-order valence-electron chi connectivity index (χ2n) is 9.23. The Bertz CT molecular complexity index is 817. The summed E-state index contributed by atoms with van der Waals surface area (Å²) in [5.74, 6) is -0.734. The Kier molecular flexibility index (Phi) is 5.00. The van der Waals surface area contributed by atoms with Crippen molar-refractivity contribution in [3.63, 3.8) is 0 Å². The zero-order valence-electron chi connectivity index (χ0n) is 16.7. The number of nitrogens with zero attached hydrogens (tertiary/aromatic N) is 1. The lowest BCUT2D eigenvalue weighted by molar-refractivity contribution is -0.136. The van der Waals surface area contributed by atoms with E-state index in [1.54, 1.807) is 4.90 Å². The van der Waals surface area contributed by atoms with Crippen molar-refractivity contribution < 1.29 is 14.4 Å². The van der Waals surface area contributed by atoms with E-state index < -0.39 is 6.04 Å². The lowest BCUT2D eigenvalue weighted by Gasteiger charge is -2.35. The minimum absolute atomic E-state index is 0.113. The number of rotatable bonds is 4. The van der Waals surface area contributed by atoms with Gasteiger partial charge in [-0.3, -0.25) is 19.7 Å². The monoisotopic (exact) mass is 383 g/mol. The van der Waals surface area contributed by atoms with Crippen LogP contribution < -0.4 is 10.6 Å². The minimum Gasteiger partial charge on any atom is -0.322 e. The molecule has 3 amide bonds. The number of fused-ring (bicyclic) bond motifs is 1. The summed E-state index contributed by atoms with van der Waals surface area (Å²) in [6, 6.07) is 5.96. The quantitative estimate of drug-likeness (QED) is 0.783. The van der Waals surface area contributed by atoms with Crippen LogP contribution in [0.2, 0.25) is 0 Å². The smallest absolute Gasteiger partial charge is 0.255 e. The van der Waals surface area contributed by atoms with Crippen LogP contribution in [-0.2, 0) is 22.7 Å². The molecule has 28 heavy (non-hydrogen) atoms. The zero-order chi connectivity index (χ0) is 19.9. The van der Waals surface area contributed by atoms with E-state index in [9.17, 15) is 14.4 Å². The summed E-state index contributed by atoms with van der Waals surface area (Å²) >= 11 is 0. The van der Waals surface area contributed by atoms with E-state index in [0.29, 0.717) is 30.0 Å². The number of hydrogen-bond acceptors (Lipinski definition) is 4. The number of benzene rings is 1. The molecule has 2 aliphatic heterocycles. The maximum atomic E-state index is 12.8. The van der Waals surface area contributed by atoms with Crippen LogP contribution >= 0.6 is 0 Å². The molecule has 2 atom stereocenters. The largest absolute Gasteiger partial charge is 0.322 e. The first-order chi connectivity index (χ1) is 13.3. The highest BCUT2D eigenvalue weighted by Crippen LogP contribution is 2.35. The molecule has 6 nitrogen and oxygen atoms in total. The molecule has 0 spiro atoms. The van der Waals surface area contributed by atoms with Gasteiger partial charge < -0.3 is 10.2 Å². The van der Waals surface area contributed by atoms with Gasteiger partial charge in [-0.1, -0.05) is 32.4 Å². The Hall–Kier alpha value is -2.21. The molecule has 1 aliphatic carbocycles. The lowest BCUT2D eigenvalue weighted by Crippen LogP contribution is -2.52. The standard InChI is InChI=1S/C22H29N3O3/c1-22(2)9-3-4-16(11-22)23-12-14-5-6-17-15(10-14)13-25(21(17)28)18-7-8-19(26)24-20(18)27/h5-6,10,16,18,23H,3-4,7-9,11-13H2,1-2H3,(H,24,26,27).